The molecule has 1 saturated carbocycles. The molecule has 2 rings (SSSR count). The number of carbonyl (C=O) groups excluding carboxylic acids is 2. The number of halogens is 1. The van der Waals surface area contributed by atoms with Gasteiger partial charge in [0.2, 0.25) is 0 Å². The Balaban J connectivity index is 1.64. The SMILES string of the molecule is O=C(COC(=O)COc1cccc(Br)c1)NC1CCCCCCC1. The minimum Gasteiger partial charge on any atom is -0.482 e. The van der Waals surface area contributed by atoms with Crippen LogP contribution in [0.25, 0.3) is 0 Å². The van der Waals surface area contributed by atoms with E-state index in [1.165, 1.54) is 19.3 Å². The topological polar surface area (TPSA) is 64.6 Å². The Morgan fingerprint density at radius 1 is 1.08 bits per heavy atom. The lowest BCUT2D eigenvalue weighted by Gasteiger charge is -2.20. The number of carbonyl (C=O) groups is 2. The minimum absolute atomic E-state index is 0.203. The van der Waals surface area contributed by atoms with Crippen LogP contribution in [-0.2, 0) is 14.3 Å². The largest absolute Gasteiger partial charge is 0.482 e. The first-order valence-corrected chi connectivity index (χ1v) is 9.26. The lowest BCUT2D eigenvalue weighted by atomic mass is 9.97. The number of nitrogens with one attached hydrogen (secondary N) is 1. The van der Waals surface area contributed by atoms with Gasteiger partial charge in [0.25, 0.3) is 5.91 Å². The number of amides is 1. The fourth-order valence-corrected chi connectivity index (χ4v) is 3.13. The number of esters is 1. The Morgan fingerprint density at radius 3 is 2.50 bits per heavy atom. The summed E-state index contributed by atoms with van der Waals surface area (Å²) in [6.45, 7) is -0.468. The standard InChI is InChI=1S/C18H24BrNO4/c19-14-7-6-10-16(11-14)23-13-18(22)24-12-17(21)20-15-8-4-2-1-3-5-9-15/h6-7,10-11,15H,1-5,8-9,12-13H2,(H,20,21). The van der Waals surface area contributed by atoms with Crippen molar-refractivity contribution in [3.8, 4) is 5.75 Å². The van der Waals surface area contributed by atoms with E-state index in [1.54, 1.807) is 12.1 Å². The molecule has 1 aromatic carbocycles. The van der Waals surface area contributed by atoms with Crippen LogP contribution in [0.1, 0.15) is 44.9 Å². The first-order valence-electron chi connectivity index (χ1n) is 8.47. The van der Waals surface area contributed by atoms with Gasteiger partial charge in [0.05, 0.1) is 0 Å². The lowest BCUT2D eigenvalue weighted by molar-refractivity contribution is -0.150. The van der Waals surface area contributed by atoms with Crippen LogP contribution in [0.5, 0.6) is 5.75 Å². The second kappa shape index (κ2) is 10.3. The van der Waals surface area contributed by atoms with Gasteiger partial charge in [0, 0.05) is 10.5 Å². The molecule has 132 valence electrons. The van der Waals surface area contributed by atoms with E-state index in [9.17, 15) is 9.59 Å². The highest BCUT2D eigenvalue weighted by Gasteiger charge is 2.15. The highest BCUT2D eigenvalue weighted by atomic mass is 79.9. The quantitative estimate of drug-likeness (QED) is 0.744. The second-order valence-corrected chi connectivity index (χ2v) is 6.93. The molecule has 0 heterocycles. The summed E-state index contributed by atoms with van der Waals surface area (Å²) in [4.78, 5) is 23.6. The summed E-state index contributed by atoms with van der Waals surface area (Å²) in [5, 5.41) is 2.96. The summed E-state index contributed by atoms with van der Waals surface area (Å²) in [7, 11) is 0. The van der Waals surface area contributed by atoms with Crippen LogP contribution in [-0.4, -0.2) is 31.1 Å². The number of benzene rings is 1. The lowest BCUT2D eigenvalue weighted by Crippen LogP contribution is -2.38. The van der Waals surface area contributed by atoms with Gasteiger partial charge >= 0.3 is 5.97 Å². The number of hydrogen-bond acceptors (Lipinski definition) is 4. The molecule has 1 N–H and O–H groups in total. The maximum Gasteiger partial charge on any atom is 0.344 e. The summed E-state index contributed by atoms with van der Waals surface area (Å²) in [5.41, 5.74) is 0. The van der Waals surface area contributed by atoms with Crippen molar-refractivity contribution >= 4 is 27.8 Å². The Hall–Kier alpha value is -1.56. The van der Waals surface area contributed by atoms with Crippen molar-refractivity contribution in [2.24, 2.45) is 0 Å². The van der Waals surface area contributed by atoms with Gasteiger partial charge in [0.1, 0.15) is 5.75 Å². The molecule has 5 nitrogen and oxygen atoms in total. The predicted octanol–water partition coefficient (Wildman–Crippen LogP) is 3.60. The average Bonchev–Trinajstić information content (AvgIpc) is 2.53. The number of ether oxygens (including phenoxy) is 2. The van der Waals surface area contributed by atoms with E-state index in [2.05, 4.69) is 21.2 Å². The fraction of sp³-hybridized carbons (Fsp3) is 0.556. The zero-order valence-electron chi connectivity index (χ0n) is 13.8. The van der Waals surface area contributed by atoms with Gasteiger partial charge in [-0.05, 0) is 31.0 Å². The van der Waals surface area contributed by atoms with Crippen LogP contribution in [0.4, 0.5) is 0 Å². The third kappa shape index (κ3) is 7.34. The normalized spacial score (nSPS) is 15.9. The molecule has 6 heteroatoms. The molecule has 0 aromatic heterocycles. The van der Waals surface area contributed by atoms with Crippen LogP contribution in [0.3, 0.4) is 0 Å². The smallest absolute Gasteiger partial charge is 0.344 e. The molecule has 0 radical (unpaired) electrons. The Morgan fingerprint density at radius 2 is 1.79 bits per heavy atom. The third-order valence-electron chi connectivity index (χ3n) is 3.99. The predicted molar refractivity (Wildman–Crippen MR) is 94.8 cm³/mol. The second-order valence-electron chi connectivity index (χ2n) is 6.02. The van der Waals surface area contributed by atoms with Crippen molar-refractivity contribution < 1.29 is 19.1 Å². The first kappa shape index (κ1) is 18.8. The summed E-state index contributed by atoms with van der Waals surface area (Å²) in [6.07, 6.45) is 8.05. The maximum absolute atomic E-state index is 11.9. The van der Waals surface area contributed by atoms with E-state index in [4.69, 9.17) is 9.47 Å². The number of hydrogen-bond donors (Lipinski definition) is 1. The molecule has 1 fully saturated rings. The molecular formula is C18H24BrNO4. The summed E-state index contributed by atoms with van der Waals surface area (Å²) >= 11 is 3.33. The van der Waals surface area contributed by atoms with Gasteiger partial charge in [-0.1, -0.05) is 54.1 Å². The van der Waals surface area contributed by atoms with E-state index in [-0.39, 0.29) is 25.2 Å². The average molecular weight is 398 g/mol. The summed E-state index contributed by atoms with van der Waals surface area (Å²) in [5.74, 6) is -0.223. The van der Waals surface area contributed by atoms with E-state index in [0.29, 0.717) is 5.75 Å². The van der Waals surface area contributed by atoms with Crippen molar-refractivity contribution in [1.82, 2.24) is 5.32 Å². The van der Waals surface area contributed by atoms with Crippen molar-refractivity contribution in [3.63, 3.8) is 0 Å². The molecule has 0 aliphatic heterocycles. The van der Waals surface area contributed by atoms with Crippen molar-refractivity contribution in [3.05, 3.63) is 28.7 Å². The Kier molecular flexibility index (Phi) is 8.08. The van der Waals surface area contributed by atoms with E-state index in [0.717, 1.165) is 30.2 Å². The number of rotatable bonds is 6. The molecular weight excluding hydrogens is 374 g/mol. The van der Waals surface area contributed by atoms with Crippen LogP contribution in [0.2, 0.25) is 0 Å². The molecule has 24 heavy (non-hydrogen) atoms. The maximum atomic E-state index is 11.9. The molecule has 1 amide bonds. The van der Waals surface area contributed by atoms with E-state index >= 15 is 0 Å². The van der Waals surface area contributed by atoms with E-state index in [1.807, 2.05) is 12.1 Å². The molecule has 1 aliphatic rings. The molecule has 0 unspecified atom stereocenters. The Labute approximate surface area is 151 Å². The van der Waals surface area contributed by atoms with Gasteiger partial charge in [0.15, 0.2) is 13.2 Å². The molecule has 0 spiro atoms. The molecule has 1 aliphatic carbocycles. The third-order valence-corrected chi connectivity index (χ3v) is 4.48. The minimum atomic E-state index is -0.553. The molecule has 0 atom stereocenters. The van der Waals surface area contributed by atoms with Crippen LogP contribution in [0.15, 0.2) is 28.7 Å². The highest BCUT2D eigenvalue weighted by Crippen LogP contribution is 2.18. The van der Waals surface area contributed by atoms with Gasteiger partial charge in [-0.3, -0.25) is 4.79 Å². The molecule has 1 aromatic rings. The summed E-state index contributed by atoms with van der Waals surface area (Å²) < 4.78 is 11.2. The van der Waals surface area contributed by atoms with Crippen LogP contribution >= 0.6 is 15.9 Å². The van der Waals surface area contributed by atoms with Crippen LogP contribution in [0, 0.1) is 0 Å². The van der Waals surface area contributed by atoms with Crippen molar-refractivity contribution in [1.29, 1.82) is 0 Å². The van der Waals surface area contributed by atoms with Gasteiger partial charge < -0.3 is 14.8 Å². The van der Waals surface area contributed by atoms with Gasteiger partial charge in [-0.2, -0.15) is 0 Å². The fourth-order valence-electron chi connectivity index (χ4n) is 2.76. The first-order chi connectivity index (χ1) is 11.6. The van der Waals surface area contributed by atoms with Crippen molar-refractivity contribution in [2.45, 2.75) is 51.0 Å². The van der Waals surface area contributed by atoms with Gasteiger partial charge in [-0.15, -0.1) is 0 Å². The zero-order valence-corrected chi connectivity index (χ0v) is 15.3. The van der Waals surface area contributed by atoms with Crippen LogP contribution < -0.4 is 10.1 Å². The van der Waals surface area contributed by atoms with Crippen molar-refractivity contribution in [2.75, 3.05) is 13.2 Å². The zero-order chi connectivity index (χ0) is 17.2. The summed E-state index contributed by atoms with van der Waals surface area (Å²) in [6, 6.07) is 7.39. The Bertz CT molecular complexity index is 542. The highest BCUT2D eigenvalue weighted by molar-refractivity contribution is 9.10. The van der Waals surface area contributed by atoms with Gasteiger partial charge in [-0.25, -0.2) is 4.79 Å². The molecule has 0 bridgehead atoms. The van der Waals surface area contributed by atoms with E-state index < -0.39 is 5.97 Å². The molecule has 0 saturated heterocycles. The monoisotopic (exact) mass is 397 g/mol.